The number of likely N-dealkylation sites (tertiary alicyclic amines) is 1. The van der Waals surface area contributed by atoms with Gasteiger partial charge in [0.15, 0.2) is 0 Å². The number of aromatic hydroxyl groups is 1. The van der Waals surface area contributed by atoms with Crippen LogP contribution in [0.2, 0.25) is 0 Å². The molecule has 8 nitrogen and oxygen atoms in total. The fourth-order valence-corrected chi connectivity index (χ4v) is 6.77. The molecular formula is C32H39N5O3. The quantitative estimate of drug-likeness (QED) is 0.466. The zero-order valence-electron chi connectivity index (χ0n) is 23.6. The molecule has 2 aromatic carbocycles. The van der Waals surface area contributed by atoms with Gasteiger partial charge in [0.05, 0.1) is 5.69 Å². The largest absolute Gasteiger partial charge is 0.508 e. The number of fused-ring (bicyclic) bond motifs is 2. The molecule has 1 aliphatic carbocycles. The molecule has 0 saturated carbocycles. The topological polar surface area (TPSA) is 82.0 Å². The normalized spacial score (nSPS) is 23.3. The summed E-state index contributed by atoms with van der Waals surface area (Å²) in [7, 11) is 2.15. The van der Waals surface area contributed by atoms with Crippen molar-refractivity contribution in [2.45, 2.75) is 57.0 Å². The Morgan fingerprint density at radius 3 is 2.80 bits per heavy atom. The van der Waals surface area contributed by atoms with Gasteiger partial charge in [-0.05, 0) is 93.1 Å². The van der Waals surface area contributed by atoms with Crippen LogP contribution < -0.4 is 9.64 Å². The Hall–Kier alpha value is -3.65. The van der Waals surface area contributed by atoms with Crippen LogP contribution in [-0.4, -0.2) is 82.7 Å². The Bertz CT molecular complexity index is 1430. The van der Waals surface area contributed by atoms with Crippen molar-refractivity contribution in [1.29, 1.82) is 0 Å². The first-order valence-electron chi connectivity index (χ1n) is 14.5. The number of anilines is 1. The summed E-state index contributed by atoms with van der Waals surface area (Å²) in [6, 6.07) is 12.9. The van der Waals surface area contributed by atoms with Gasteiger partial charge in [0, 0.05) is 37.3 Å². The second kappa shape index (κ2) is 11.1. The second-order valence-corrected chi connectivity index (χ2v) is 11.6. The minimum absolute atomic E-state index is 0.0258. The third-order valence-corrected chi connectivity index (χ3v) is 9.01. The maximum Gasteiger partial charge on any atom is 0.318 e. The van der Waals surface area contributed by atoms with Crippen LogP contribution in [-0.2, 0) is 17.6 Å². The van der Waals surface area contributed by atoms with Crippen molar-refractivity contribution in [3.63, 3.8) is 0 Å². The van der Waals surface area contributed by atoms with Gasteiger partial charge < -0.3 is 24.5 Å². The molecule has 3 aromatic rings. The zero-order chi connectivity index (χ0) is 27.8. The van der Waals surface area contributed by atoms with Crippen molar-refractivity contribution < 1.29 is 14.6 Å². The minimum atomic E-state index is -0.0258. The van der Waals surface area contributed by atoms with Gasteiger partial charge >= 0.3 is 6.01 Å². The van der Waals surface area contributed by atoms with E-state index in [0.29, 0.717) is 44.0 Å². The number of aromatic nitrogens is 2. The molecule has 2 aliphatic heterocycles. The smallest absolute Gasteiger partial charge is 0.318 e. The van der Waals surface area contributed by atoms with E-state index in [0.717, 1.165) is 49.1 Å². The second-order valence-electron chi connectivity index (χ2n) is 11.6. The molecule has 3 heterocycles. The van der Waals surface area contributed by atoms with Crippen molar-refractivity contribution in [2.24, 2.45) is 0 Å². The van der Waals surface area contributed by atoms with Crippen molar-refractivity contribution in [2.75, 3.05) is 44.7 Å². The predicted molar refractivity (Wildman–Crippen MR) is 157 cm³/mol. The highest BCUT2D eigenvalue weighted by atomic mass is 16.5. The Kier molecular flexibility index (Phi) is 7.36. The number of hydrogen-bond acceptors (Lipinski definition) is 7. The third-order valence-electron chi connectivity index (χ3n) is 9.01. The molecular weight excluding hydrogens is 502 g/mol. The lowest BCUT2D eigenvalue weighted by atomic mass is 9.80. The Morgan fingerprint density at radius 1 is 1.18 bits per heavy atom. The van der Waals surface area contributed by atoms with Crippen LogP contribution in [0.1, 0.15) is 48.9 Å². The number of hydrogen-bond donors (Lipinski definition) is 1. The van der Waals surface area contributed by atoms with E-state index in [1.54, 1.807) is 0 Å². The molecule has 40 heavy (non-hydrogen) atoms. The highest BCUT2D eigenvalue weighted by Crippen LogP contribution is 2.40. The summed E-state index contributed by atoms with van der Waals surface area (Å²) >= 11 is 0. The lowest BCUT2D eigenvalue weighted by molar-refractivity contribution is -0.126. The Labute approximate surface area is 236 Å². The van der Waals surface area contributed by atoms with E-state index < -0.39 is 0 Å². The van der Waals surface area contributed by atoms with Crippen LogP contribution in [0.25, 0.3) is 10.8 Å². The number of carbonyl (C=O) groups is 1. The molecule has 3 aliphatic rings. The third kappa shape index (κ3) is 5.12. The molecule has 2 fully saturated rings. The number of phenolic OH excluding ortho intramolecular Hbond substituents is 1. The molecule has 210 valence electrons. The maximum atomic E-state index is 12.3. The summed E-state index contributed by atoms with van der Waals surface area (Å²) in [4.78, 5) is 28.8. The van der Waals surface area contributed by atoms with Crippen molar-refractivity contribution >= 4 is 22.5 Å². The predicted octanol–water partition coefficient (Wildman–Crippen LogP) is 4.30. The van der Waals surface area contributed by atoms with Gasteiger partial charge in [-0.2, -0.15) is 9.97 Å². The first kappa shape index (κ1) is 26.6. The molecule has 3 atom stereocenters. The Morgan fingerprint density at radius 2 is 2.02 bits per heavy atom. The highest BCUT2D eigenvalue weighted by Gasteiger charge is 2.33. The Balaban J connectivity index is 1.33. The molecule has 1 amide bonds. The summed E-state index contributed by atoms with van der Waals surface area (Å²) < 4.78 is 6.29. The van der Waals surface area contributed by atoms with Gasteiger partial charge in [-0.1, -0.05) is 30.8 Å². The summed E-state index contributed by atoms with van der Waals surface area (Å²) in [5, 5.41) is 12.7. The van der Waals surface area contributed by atoms with Crippen LogP contribution in [0.4, 0.5) is 5.82 Å². The molecule has 0 spiro atoms. The van der Waals surface area contributed by atoms with E-state index in [2.05, 4.69) is 48.5 Å². The van der Waals surface area contributed by atoms with Crippen LogP contribution in [0, 0.1) is 0 Å². The SMILES string of the molecule is C=CC(=O)N1CCN(c2nc(OC[C@@H]3CCCN3C)nc3c2CC[C@H](c2cc(O)cc4ccccc24)C3)[C@@H](C)C1. The fraction of sp³-hybridized carbons (Fsp3) is 0.469. The summed E-state index contributed by atoms with van der Waals surface area (Å²) in [6.07, 6.45) is 6.27. The lowest BCUT2D eigenvalue weighted by Gasteiger charge is -2.41. The highest BCUT2D eigenvalue weighted by molar-refractivity contribution is 5.88. The number of amides is 1. The molecule has 0 unspecified atom stereocenters. The van der Waals surface area contributed by atoms with E-state index in [-0.39, 0.29) is 17.9 Å². The van der Waals surface area contributed by atoms with Crippen LogP contribution in [0.5, 0.6) is 11.8 Å². The fourth-order valence-electron chi connectivity index (χ4n) is 6.77. The standard InChI is InChI=1S/C32H39N5O3/c1-4-30(39)36-14-15-37(21(2)19-36)31-27-12-11-23(28-18-25(38)16-22-8-5-6-10-26(22)28)17-29(27)33-32(34-31)40-20-24-9-7-13-35(24)3/h4-6,8,10,16,18,21,23-24,38H,1,7,9,11-15,17,19-20H2,2-3H3/t21-,23-,24-/m0/s1. The number of nitrogens with zero attached hydrogens (tertiary/aromatic N) is 5. The van der Waals surface area contributed by atoms with Crippen LogP contribution >= 0.6 is 0 Å². The summed E-state index contributed by atoms with van der Waals surface area (Å²) in [5.74, 6) is 1.45. The average Bonchev–Trinajstić information content (AvgIpc) is 3.38. The van der Waals surface area contributed by atoms with Crippen molar-refractivity contribution in [1.82, 2.24) is 19.8 Å². The van der Waals surface area contributed by atoms with E-state index in [9.17, 15) is 9.90 Å². The minimum Gasteiger partial charge on any atom is -0.508 e. The molecule has 1 aromatic heterocycles. The van der Waals surface area contributed by atoms with Crippen LogP contribution in [0.15, 0.2) is 49.1 Å². The number of carbonyl (C=O) groups excluding carboxylic acids is 1. The monoisotopic (exact) mass is 541 g/mol. The summed E-state index contributed by atoms with van der Waals surface area (Å²) in [5.41, 5.74) is 3.38. The number of benzene rings is 2. The number of likely N-dealkylation sites (N-methyl/N-ethyl adjacent to an activating group) is 1. The van der Waals surface area contributed by atoms with Gasteiger partial charge in [0.2, 0.25) is 5.91 Å². The molecule has 1 N–H and O–H groups in total. The van der Waals surface area contributed by atoms with Crippen molar-refractivity contribution in [3.05, 3.63) is 65.9 Å². The number of piperazine rings is 1. The van der Waals surface area contributed by atoms with Crippen molar-refractivity contribution in [3.8, 4) is 11.8 Å². The number of ether oxygens (including phenoxy) is 1. The number of rotatable bonds is 6. The van der Waals surface area contributed by atoms with E-state index in [4.69, 9.17) is 14.7 Å². The van der Waals surface area contributed by atoms with Gasteiger partial charge in [0.1, 0.15) is 18.2 Å². The van der Waals surface area contributed by atoms with E-state index in [1.165, 1.54) is 29.0 Å². The molecule has 8 heteroatoms. The molecule has 0 radical (unpaired) electrons. The lowest BCUT2D eigenvalue weighted by Crippen LogP contribution is -2.54. The molecule has 6 rings (SSSR count). The van der Waals surface area contributed by atoms with Gasteiger partial charge in [-0.3, -0.25) is 4.79 Å². The van der Waals surface area contributed by atoms with Crippen LogP contribution in [0.3, 0.4) is 0 Å². The molecule has 0 bridgehead atoms. The van der Waals surface area contributed by atoms with Gasteiger partial charge in [-0.15, -0.1) is 0 Å². The zero-order valence-corrected chi connectivity index (χ0v) is 23.6. The molecule has 2 saturated heterocycles. The van der Waals surface area contributed by atoms with Gasteiger partial charge in [0.25, 0.3) is 0 Å². The average molecular weight is 542 g/mol. The van der Waals surface area contributed by atoms with E-state index in [1.807, 2.05) is 23.1 Å². The first-order chi connectivity index (χ1) is 19.4. The number of phenols is 1. The summed E-state index contributed by atoms with van der Waals surface area (Å²) in [6.45, 7) is 9.45. The van der Waals surface area contributed by atoms with Gasteiger partial charge in [-0.25, -0.2) is 0 Å². The first-order valence-corrected chi connectivity index (χ1v) is 14.5. The maximum absolute atomic E-state index is 12.3. The van der Waals surface area contributed by atoms with E-state index >= 15 is 0 Å².